The lowest BCUT2D eigenvalue weighted by molar-refractivity contribution is 0.424. The largest absolute Gasteiger partial charge is 0.0992 e. The van der Waals surface area contributed by atoms with Crippen LogP contribution in [0.15, 0.2) is 58.7 Å². The molecule has 4 rings (SSSR count). The van der Waals surface area contributed by atoms with Gasteiger partial charge in [0, 0.05) is 5.92 Å². The van der Waals surface area contributed by atoms with Gasteiger partial charge in [-0.05, 0) is 87.7 Å². The van der Waals surface area contributed by atoms with Crippen molar-refractivity contribution >= 4 is 0 Å². The molecule has 0 saturated heterocycles. The van der Waals surface area contributed by atoms with Crippen molar-refractivity contribution in [2.75, 3.05) is 0 Å². The highest BCUT2D eigenvalue weighted by Gasteiger charge is 2.28. The van der Waals surface area contributed by atoms with Gasteiger partial charge in [0.2, 0.25) is 0 Å². The molecule has 0 bridgehead atoms. The van der Waals surface area contributed by atoms with Crippen LogP contribution in [0.4, 0.5) is 0 Å². The Kier molecular flexibility index (Phi) is 4.42. The molecule has 23 heavy (non-hydrogen) atoms. The minimum Gasteiger partial charge on any atom is -0.0992 e. The summed E-state index contributed by atoms with van der Waals surface area (Å²) in [7, 11) is 0. The van der Waals surface area contributed by atoms with E-state index in [0.717, 1.165) is 5.92 Å². The van der Waals surface area contributed by atoms with E-state index in [-0.39, 0.29) is 0 Å². The predicted octanol–water partition coefficient (Wildman–Crippen LogP) is 6.83. The van der Waals surface area contributed by atoms with E-state index in [9.17, 15) is 0 Å². The molecule has 0 radical (unpaired) electrons. The van der Waals surface area contributed by atoms with E-state index in [4.69, 9.17) is 0 Å². The van der Waals surface area contributed by atoms with Crippen LogP contribution in [0, 0.1) is 11.8 Å². The lowest BCUT2D eigenvalue weighted by Crippen LogP contribution is -2.19. The molecule has 2 atom stereocenters. The molecule has 0 aromatic carbocycles. The van der Waals surface area contributed by atoms with Gasteiger partial charge in [0.15, 0.2) is 0 Å². The average Bonchev–Trinajstić information content (AvgIpc) is 2.61. The molecule has 0 amide bonds. The SMILES string of the molecule is C=C1CCC2=C(C=CCC2)C1CCC1CCCC2=C1C=CCC2. The second kappa shape index (κ2) is 6.67. The fourth-order valence-electron chi connectivity index (χ4n) is 5.24. The molecular formula is C23H30. The molecule has 0 heteroatoms. The Labute approximate surface area is 141 Å². The van der Waals surface area contributed by atoms with Gasteiger partial charge in [0.05, 0.1) is 0 Å². The lowest BCUT2D eigenvalue weighted by atomic mass is 9.71. The molecule has 0 spiro atoms. The molecule has 0 aromatic rings. The molecule has 0 N–H and O–H groups in total. The van der Waals surface area contributed by atoms with Crippen molar-refractivity contribution in [3.05, 3.63) is 58.7 Å². The maximum absolute atomic E-state index is 4.44. The Morgan fingerprint density at radius 2 is 1.57 bits per heavy atom. The molecule has 0 fully saturated rings. The van der Waals surface area contributed by atoms with E-state index in [1.807, 2.05) is 0 Å². The number of rotatable bonds is 3. The lowest BCUT2D eigenvalue weighted by Gasteiger charge is -2.34. The number of allylic oxidation sites excluding steroid dienone is 9. The van der Waals surface area contributed by atoms with E-state index in [1.54, 1.807) is 22.3 Å². The summed E-state index contributed by atoms with van der Waals surface area (Å²) in [6.07, 6.45) is 24.2. The Hall–Kier alpha value is -1.30. The van der Waals surface area contributed by atoms with Gasteiger partial charge in [0.1, 0.15) is 0 Å². The van der Waals surface area contributed by atoms with Gasteiger partial charge in [-0.15, -0.1) is 0 Å². The normalized spacial score (nSPS) is 30.5. The van der Waals surface area contributed by atoms with Crippen molar-refractivity contribution in [1.82, 2.24) is 0 Å². The second-order valence-electron chi connectivity index (χ2n) is 7.88. The predicted molar refractivity (Wildman–Crippen MR) is 99.2 cm³/mol. The van der Waals surface area contributed by atoms with Gasteiger partial charge in [-0.3, -0.25) is 0 Å². The van der Waals surface area contributed by atoms with Crippen LogP contribution in [-0.4, -0.2) is 0 Å². The third kappa shape index (κ3) is 3.05. The monoisotopic (exact) mass is 306 g/mol. The minimum absolute atomic E-state index is 0.647. The Bertz CT molecular complexity index is 608. The zero-order valence-electron chi connectivity index (χ0n) is 14.4. The summed E-state index contributed by atoms with van der Waals surface area (Å²) in [5.41, 5.74) is 8.39. The highest BCUT2D eigenvalue weighted by molar-refractivity contribution is 5.40. The van der Waals surface area contributed by atoms with Crippen LogP contribution in [-0.2, 0) is 0 Å². The molecule has 0 saturated carbocycles. The highest BCUT2D eigenvalue weighted by atomic mass is 14.3. The Morgan fingerprint density at radius 1 is 0.826 bits per heavy atom. The van der Waals surface area contributed by atoms with Crippen molar-refractivity contribution in [3.63, 3.8) is 0 Å². The molecule has 122 valence electrons. The topological polar surface area (TPSA) is 0 Å². The van der Waals surface area contributed by atoms with E-state index in [1.165, 1.54) is 76.2 Å². The van der Waals surface area contributed by atoms with Crippen LogP contribution in [0.2, 0.25) is 0 Å². The molecular weight excluding hydrogens is 276 g/mol. The van der Waals surface area contributed by atoms with Crippen molar-refractivity contribution in [1.29, 1.82) is 0 Å². The summed E-state index contributed by atoms with van der Waals surface area (Å²) < 4.78 is 0. The van der Waals surface area contributed by atoms with Crippen LogP contribution >= 0.6 is 0 Å². The fourth-order valence-corrected chi connectivity index (χ4v) is 5.24. The fraction of sp³-hybridized carbons (Fsp3) is 0.565. The molecule has 2 unspecified atom stereocenters. The minimum atomic E-state index is 0.647. The van der Waals surface area contributed by atoms with Crippen LogP contribution < -0.4 is 0 Å². The standard InChI is InChI=1S/C23H30/c1-17-13-14-20-8-3-5-12-23(20)21(17)16-15-19-10-6-9-18-7-2-4-11-22(18)19/h4-5,11-12,19,21H,1-3,6-10,13-16H2. The molecule has 4 aliphatic rings. The van der Waals surface area contributed by atoms with E-state index < -0.39 is 0 Å². The molecule has 0 nitrogen and oxygen atoms in total. The Balaban J connectivity index is 1.49. The average molecular weight is 306 g/mol. The third-order valence-corrected chi connectivity index (χ3v) is 6.53. The van der Waals surface area contributed by atoms with E-state index in [2.05, 4.69) is 30.9 Å². The zero-order valence-corrected chi connectivity index (χ0v) is 14.4. The number of hydrogen-bond donors (Lipinski definition) is 0. The molecule has 0 aromatic heterocycles. The molecule has 0 aliphatic heterocycles. The van der Waals surface area contributed by atoms with Gasteiger partial charge < -0.3 is 0 Å². The Morgan fingerprint density at radius 3 is 2.39 bits per heavy atom. The van der Waals surface area contributed by atoms with Crippen molar-refractivity contribution in [2.24, 2.45) is 11.8 Å². The summed E-state index contributed by atoms with van der Waals surface area (Å²) >= 11 is 0. The van der Waals surface area contributed by atoms with Gasteiger partial charge in [-0.25, -0.2) is 0 Å². The maximum Gasteiger partial charge on any atom is 0.00452 e. The van der Waals surface area contributed by atoms with Gasteiger partial charge in [0.25, 0.3) is 0 Å². The van der Waals surface area contributed by atoms with Gasteiger partial charge >= 0.3 is 0 Å². The van der Waals surface area contributed by atoms with Crippen LogP contribution in [0.5, 0.6) is 0 Å². The summed E-state index contributed by atoms with van der Waals surface area (Å²) in [5.74, 6) is 1.47. The van der Waals surface area contributed by atoms with E-state index >= 15 is 0 Å². The first kappa shape index (κ1) is 15.2. The number of hydrogen-bond acceptors (Lipinski definition) is 0. The third-order valence-electron chi connectivity index (χ3n) is 6.53. The van der Waals surface area contributed by atoms with Crippen LogP contribution in [0.3, 0.4) is 0 Å². The zero-order chi connectivity index (χ0) is 15.6. The van der Waals surface area contributed by atoms with Crippen molar-refractivity contribution in [3.8, 4) is 0 Å². The smallest absolute Gasteiger partial charge is 0.00452 e. The quantitative estimate of drug-likeness (QED) is 0.501. The molecule has 4 aliphatic carbocycles. The second-order valence-corrected chi connectivity index (χ2v) is 7.88. The summed E-state index contributed by atoms with van der Waals surface area (Å²) in [6, 6.07) is 0. The van der Waals surface area contributed by atoms with Crippen molar-refractivity contribution < 1.29 is 0 Å². The summed E-state index contributed by atoms with van der Waals surface area (Å²) in [4.78, 5) is 0. The van der Waals surface area contributed by atoms with Crippen molar-refractivity contribution in [2.45, 2.75) is 70.6 Å². The van der Waals surface area contributed by atoms with Gasteiger partial charge in [-0.1, -0.05) is 47.6 Å². The van der Waals surface area contributed by atoms with Gasteiger partial charge in [-0.2, -0.15) is 0 Å². The van der Waals surface area contributed by atoms with Crippen LogP contribution in [0.25, 0.3) is 0 Å². The summed E-state index contributed by atoms with van der Waals surface area (Å²) in [5, 5.41) is 0. The highest BCUT2D eigenvalue weighted by Crippen LogP contribution is 2.44. The van der Waals surface area contributed by atoms with E-state index in [0.29, 0.717) is 5.92 Å². The molecule has 0 heterocycles. The maximum atomic E-state index is 4.44. The first-order chi connectivity index (χ1) is 11.3. The van der Waals surface area contributed by atoms with Crippen LogP contribution in [0.1, 0.15) is 70.6 Å². The first-order valence-corrected chi connectivity index (χ1v) is 9.77. The first-order valence-electron chi connectivity index (χ1n) is 9.77. The summed E-state index contributed by atoms with van der Waals surface area (Å²) in [6.45, 7) is 4.44.